The molecule has 29 nitrogen and oxygen atoms in total. The van der Waals surface area contributed by atoms with E-state index in [4.69, 9.17) is 56.8 Å². The van der Waals surface area contributed by atoms with Gasteiger partial charge in [-0.05, 0) is 95.7 Å². The number of carbonyl (C=O) groups excluding carboxylic acids is 3. The summed E-state index contributed by atoms with van der Waals surface area (Å²) in [5, 5.41) is 113. The van der Waals surface area contributed by atoms with Crippen molar-refractivity contribution in [3.63, 3.8) is 0 Å². The SMILES string of the molecule is COC(=O)[C@H](Cc1c[nH]c2cc(-n3cc(-c4ccccc4)nn3)ccc12)NC(=O)[C@@H](OC)[C@@H]1Cc2cc3cc(O[C@H]4C[C@@H](O[C@H]5C[C@@H](O)[C@H](O)[C@@H](C)O5)[C@H](O)[C@@H](C)O4)c(C)c(O)c3c(O)c2C(=O)[C@H]1O[C@H]1C[C@@H](O[C@H]2C[C@@H](O[C@H]3C[C@](C)(O)[C@H](O)[C@@H](C)O3)[C@@H](O)[C@@H](C)O2)[C@H](O)[C@@H](C)O1. The van der Waals surface area contributed by atoms with Gasteiger partial charge in [0.25, 0.3) is 0 Å². The van der Waals surface area contributed by atoms with Crippen LogP contribution in [0.4, 0.5) is 0 Å². The third-order valence-corrected chi connectivity index (χ3v) is 19.9. The highest BCUT2D eigenvalue weighted by Crippen LogP contribution is 2.48. The van der Waals surface area contributed by atoms with Crippen LogP contribution >= 0.6 is 0 Å². The number of fused-ring (bicyclic) bond motifs is 3. The van der Waals surface area contributed by atoms with Crippen molar-refractivity contribution in [2.24, 2.45) is 5.92 Å². The number of nitrogens with zero attached hydrogens (tertiary/aromatic N) is 3. The van der Waals surface area contributed by atoms with Gasteiger partial charge in [-0.2, -0.15) is 0 Å². The second-order valence-electron chi connectivity index (χ2n) is 26.9. The van der Waals surface area contributed by atoms with Gasteiger partial charge in [0, 0.05) is 79.8 Å². The number of carbonyl (C=O) groups is 3. The minimum Gasteiger partial charge on any atom is -0.507 e. The molecule has 5 aliphatic heterocycles. The number of aromatic hydroxyl groups is 2. The Morgan fingerprint density at radius 1 is 0.735 bits per heavy atom. The van der Waals surface area contributed by atoms with E-state index in [1.165, 1.54) is 34.1 Å². The summed E-state index contributed by atoms with van der Waals surface area (Å²) >= 11 is 0. The number of ketones is 1. The van der Waals surface area contributed by atoms with E-state index in [0.29, 0.717) is 22.5 Å². The Bertz CT molecular complexity index is 3820. The van der Waals surface area contributed by atoms with E-state index in [-0.39, 0.29) is 78.2 Å². The molecule has 24 atom stereocenters. The zero-order valence-corrected chi connectivity index (χ0v) is 55.6. The number of phenols is 2. The van der Waals surface area contributed by atoms with Gasteiger partial charge in [-0.1, -0.05) is 41.6 Å². The maximum Gasteiger partial charge on any atom is 0.328 e. The normalized spacial score (nSPS) is 35.2. The number of hydrogen-bond acceptors (Lipinski definition) is 26. The van der Waals surface area contributed by atoms with Crippen LogP contribution in [-0.2, 0) is 74.5 Å². The third-order valence-electron chi connectivity index (χ3n) is 19.9. The quantitative estimate of drug-likeness (QED) is 0.0519. The lowest BCUT2D eigenvalue weighted by Crippen LogP contribution is -2.58. The van der Waals surface area contributed by atoms with E-state index in [2.05, 4.69) is 20.6 Å². The van der Waals surface area contributed by atoms with Gasteiger partial charge in [-0.15, -0.1) is 5.10 Å². The van der Waals surface area contributed by atoms with Crippen molar-refractivity contribution in [2.45, 2.75) is 234 Å². The number of H-pyrrole nitrogens is 1. The van der Waals surface area contributed by atoms with Crippen molar-refractivity contribution in [3.8, 4) is 34.2 Å². The second kappa shape index (κ2) is 29.0. The van der Waals surface area contributed by atoms with Crippen LogP contribution in [0.25, 0.3) is 38.6 Å². The first-order chi connectivity index (χ1) is 46.7. The number of esters is 1. The molecule has 6 aromatic rings. The fraction of sp³-hybridized carbons (Fsp3) is 0.580. The topological polar surface area (TPSA) is 403 Å². The van der Waals surface area contributed by atoms with Crippen LogP contribution in [0.15, 0.2) is 73.1 Å². The third kappa shape index (κ3) is 14.4. The molecule has 12 rings (SSSR count). The zero-order valence-electron chi connectivity index (χ0n) is 55.6. The fourth-order valence-corrected chi connectivity index (χ4v) is 14.3. The number of hydrogen-bond donors (Lipinski definition) is 11. The average Bonchev–Trinajstić information content (AvgIpc) is 0.900. The first-order valence-corrected chi connectivity index (χ1v) is 33.1. The highest BCUT2D eigenvalue weighted by molar-refractivity contribution is 6.11. The molecule has 0 radical (unpaired) electrons. The van der Waals surface area contributed by atoms with Crippen LogP contribution in [0.3, 0.4) is 0 Å². The Morgan fingerprint density at radius 2 is 1.33 bits per heavy atom. The number of ether oxygens (including phenoxy) is 12. The van der Waals surface area contributed by atoms with Crippen LogP contribution in [0.1, 0.15) is 101 Å². The summed E-state index contributed by atoms with van der Waals surface area (Å²) in [5.74, 6) is -4.80. The van der Waals surface area contributed by atoms with Crippen molar-refractivity contribution in [3.05, 3.63) is 95.3 Å². The zero-order chi connectivity index (χ0) is 69.9. The van der Waals surface area contributed by atoms with Gasteiger partial charge < -0.3 is 113 Å². The summed E-state index contributed by atoms with van der Waals surface area (Å²) in [6, 6.07) is 16.9. The molecule has 98 heavy (non-hydrogen) atoms. The monoisotopic (exact) mass is 1370 g/mol. The van der Waals surface area contributed by atoms with Gasteiger partial charge >= 0.3 is 5.97 Å². The maximum absolute atomic E-state index is 15.6. The summed E-state index contributed by atoms with van der Waals surface area (Å²) in [6.07, 6.45) is -20.7. The Labute approximate surface area is 563 Å². The molecule has 7 heterocycles. The lowest BCUT2D eigenvalue weighted by Gasteiger charge is -2.46. The van der Waals surface area contributed by atoms with Gasteiger partial charge in [-0.25, -0.2) is 9.48 Å². The number of nitrogens with one attached hydrogen (secondary N) is 2. The molecule has 0 saturated carbocycles. The number of aromatic nitrogens is 4. The molecule has 4 aromatic carbocycles. The standard InChI is InChI=1S/C69H87N5O24/c1-29-46(94-51-23-47(59(78)31(3)90-51)95-50-22-45(75)58(77)30(2)89-50)20-37-17-36-18-41(65(87-8)67(84)71-43(68(85)88-9)19-38-27-70-42-21-39(15-16-40(38)42)74-28-44(72-73-74)35-13-11-10-12-14-35)64(63(82)56(36)62(81)55(37)57(29)76)98-53-25-48(60(79)33(5)92-53)96-52-24-49(61(80)32(4)91-52)97-54-26-69(7,86)66(83)34(6)93-54/h10-17,20-21,27-28,30-34,41,43,45,47-54,58-61,64-66,70,75-81,83,86H,18-19,22-26H2,1-9H3,(H,71,84)/t30-,31-,32-,33-,34-,41-,43+,45-,47-,48-,49-,50+,51+,52+,53+,54+,58-,59-,60-,61+,64+,65+,66-,69+/m1/s1. The molecule has 2 aromatic heterocycles. The van der Waals surface area contributed by atoms with Crippen LogP contribution in [-0.4, -0.2) is 239 Å². The number of methoxy groups -OCH3 is 2. The Hall–Kier alpha value is -6.85. The van der Waals surface area contributed by atoms with Crippen molar-refractivity contribution >= 4 is 39.3 Å². The van der Waals surface area contributed by atoms with Crippen LogP contribution < -0.4 is 10.1 Å². The predicted octanol–water partition coefficient (Wildman–Crippen LogP) is 3.07. The molecular formula is C69H87N5O24. The number of aliphatic hydroxyl groups is 7. The molecule has 0 unspecified atom stereocenters. The van der Waals surface area contributed by atoms with Gasteiger partial charge in [0.15, 0.2) is 30.9 Å². The van der Waals surface area contributed by atoms with Crippen molar-refractivity contribution in [2.75, 3.05) is 14.2 Å². The molecule has 1 aliphatic carbocycles. The van der Waals surface area contributed by atoms with Gasteiger partial charge in [0.05, 0.1) is 90.5 Å². The number of aliphatic hydroxyl groups excluding tert-OH is 6. The average molecular weight is 1370 g/mol. The Balaban J connectivity index is 0.826. The molecule has 1 amide bonds. The molecular weight excluding hydrogens is 1280 g/mol. The summed E-state index contributed by atoms with van der Waals surface area (Å²) in [6.45, 7) is 10.9. The smallest absolute Gasteiger partial charge is 0.328 e. The van der Waals surface area contributed by atoms with E-state index >= 15 is 9.59 Å². The van der Waals surface area contributed by atoms with Gasteiger partial charge in [0.2, 0.25) is 12.2 Å². The maximum atomic E-state index is 15.6. The van der Waals surface area contributed by atoms with Crippen LogP contribution in [0.5, 0.6) is 17.2 Å². The summed E-state index contributed by atoms with van der Waals surface area (Å²) < 4.78 is 74.9. The molecule has 5 fully saturated rings. The highest BCUT2D eigenvalue weighted by Gasteiger charge is 2.51. The van der Waals surface area contributed by atoms with Gasteiger partial charge in [-0.3, -0.25) is 9.59 Å². The van der Waals surface area contributed by atoms with E-state index in [1.807, 2.05) is 48.5 Å². The highest BCUT2D eigenvalue weighted by atomic mass is 16.7. The largest absolute Gasteiger partial charge is 0.507 e. The Morgan fingerprint density at radius 3 is 1.95 bits per heavy atom. The van der Waals surface area contributed by atoms with Crippen molar-refractivity contribution < 1.29 is 117 Å². The number of phenolic OH excluding ortho intramolecular Hbond substituents is 2. The van der Waals surface area contributed by atoms with Crippen LogP contribution in [0, 0.1) is 12.8 Å². The number of aromatic amines is 1. The van der Waals surface area contributed by atoms with E-state index < -0.39 is 176 Å². The van der Waals surface area contributed by atoms with Crippen molar-refractivity contribution in [1.29, 1.82) is 0 Å². The lowest BCUT2D eigenvalue weighted by molar-refractivity contribution is -0.334. The summed E-state index contributed by atoms with van der Waals surface area (Å²) in [5.41, 5.74) is 2.07. The van der Waals surface area contributed by atoms with Gasteiger partial charge in [0.1, 0.15) is 71.7 Å². The molecule has 5 saturated heterocycles. The van der Waals surface area contributed by atoms with E-state index in [9.17, 15) is 50.8 Å². The second-order valence-corrected chi connectivity index (χ2v) is 26.9. The minimum absolute atomic E-state index is 0.0537. The van der Waals surface area contributed by atoms with Crippen molar-refractivity contribution in [1.82, 2.24) is 25.3 Å². The number of rotatable bonds is 19. The van der Waals surface area contributed by atoms with E-state index in [0.717, 1.165) is 10.9 Å². The number of Topliss-reactive ketones (excluding diaryl/α,β-unsaturated/α-hetero) is 1. The van der Waals surface area contributed by atoms with E-state index in [1.54, 1.807) is 57.8 Å². The summed E-state index contributed by atoms with van der Waals surface area (Å²) in [7, 11) is 2.43. The lowest BCUT2D eigenvalue weighted by atomic mass is 9.76. The molecule has 0 bridgehead atoms. The molecule has 6 aliphatic rings. The minimum atomic E-state index is -1.70. The van der Waals surface area contributed by atoms with Crippen LogP contribution in [0.2, 0.25) is 0 Å². The summed E-state index contributed by atoms with van der Waals surface area (Å²) in [4.78, 5) is 47.9. The molecule has 0 spiro atoms. The molecule has 532 valence electrons. The first-order valence-electron chi connectivity index (χ1n) is 33.1. The molecule has 11 N–H and O–H groups in total. The molecule has 29 heteroatoms. The number of benzene rings is 4. The predicted molar refractivity (Wildman–Crippen MR) is 342 cm³/mol. The fourth-order valence-electron chi connectivity index (χ4n) is 14.3. The first kappa shape index (κ1) is 71.0. The Kier molecular flexibility index (Phi) is 21.0. The number of amides is 1.